The second-order valence-electron chi connectivity index (χ2n) is 4.97. The van der Waals surface area contributed by atoms with Crippen LogP contribution < -0.4 is 10.1 Å². The zero-order valence-electron chi connectivity index (χ0n) is 11.3. The number of nitrogens with one attached hydrogen (secondary N) is 1. The number of rotatable bonds is 5. The number of fused-ring (bicyclic) bond motifs is 1. The first kappa shape index (κ1) is 12.3. The summed E-state index contributed by atoms with van der Waals surface area (Å²) in [4.78, 5) is 0. The van der Waals surface area contributed by atoms with E-state index in [1.54, 1.807) is 0 Å². The van der Waals surface area contributed by atoms with Crippen LogP contribution in [0.5, 0.6) is 5.75 Å². The Morgan fingerprint density at radius 3 is 3.00 bits per heavy atom. The maximum absolute atomic E-state index is 5.91. The van der Waals surface area contributed by atoms with Gasteiger partial charge in [0.25, 0.3) is 0 Å². The van der Waals surface area contributed by atoms with E-state index < -0.39 is 0 Å². The molecule has 3 nitrogen and oxygen atoms in total. The van der Waals surface area contributed by atoms with Crippen molar-refractivity contribution in [3.63, 3.8) is 0 Å². The van der Waals surface area contributed by atoms with Crippen molar-refractivity contribution >= 4 is 0 Å². The molecule has 0 saturated heterocycles. The molecule has 100 valence electrons. The van der Waals surface area contributed by atoms with Gasteiger partial charge in [0.15, 0.2) is 0 Å². The van der Waals surface area contributed by atoms with Crippen molar-refractivity contribution in [2.24, 2.45) is 0 Å². The highest BCUT2D eigenvalue weighted by molar-refractivity contribution is 5.37. The Bertz CT molecular complexity index is 522. The lowest BCUT2D eigenvalue weighted by molar-refractivity contribution is 0.227. The number of nitrogens with zero attached hydrogens (tertiary/aromatic N) is 1. The second-order valence-corrected chi connectivity index (χ2v) is 4.97. The predicted octanol–water partition coefficient (Wildman–Crippen LogP) is 2.60. The van der Waals surface area contributed by atoms with Crippen molar-refractivity contribution in [2.45, 2.75) is 32.5 Å². The van der Waals surface area contributed by atoms with E-state index in [-0.39, 0.29) is 6.10 Å². The van der Waals surface area contributed by atoms with Crippen molar-refractivity contribution in [3.8, 4) is 5.75 Å². The first-order valence-electron chi connectivity index (χ1n) is 6.96. The maximum atomic E-state index is 5.91. The van der Waals surface area contributed by atoms with E-state index in [1.807, 2.05) is 6.07 Å². The molecule has 2 heterocycles. The van der Waals surface area contributed by atoms with Crippen LogP contribution in [0.15, 0.2) is 42.6 Å². The summed E-state index contributed by atoms with van der Waals surface area (Å²) < 4.78 is 8.17. The Hall–Kier alpha value is -1.74. The standard InChI is InChI=1S/C16H20N2O/c1-2-18-9-5-7-14(18)11-17-12-15-10-13-6-3-4-8-16(13)19-15/h3-9,15,17H,2,10-12H2,1H3. The van der Waals surface area contributed by atoms with Gasteiger partial charge < -0.3 is 14.6 Å². The van der Waals surface area contributed by atoms with E-state index in [1.165, 1.54) is 11.3 Å². The molecule has 1 aromatic carbocycles. The molecule has 1 aromatic heterocycles. The summed E-state index contributed by atoms with van der Waals surface area (Å²) in [5.41, 5.74) is 2.66. The smallest absolute Gasteiger partial charge is 0.123 e. The molecule has 1 atom stereocenters. The molecule has 0 saturated carbocycles. The molecule has 0 radical (unpaired) electrons. The van der Waals surface area contributed by atoms with E-state index in [4.69, 9.17) is 4.74 Å². The average molecular weight is 256 g/mol. The van der Waals surface area contributed by atoms with Gasteiger partial charge in [-0.25, -0.2) is 0 Å². The molecule has 2 aromatic rings. The van der Waals surface area contributed by atoms with E-state index in [9.17, 15) is 0 Å². The van der Waals surface area contributed by atoms with Gasteiger partial charge in [0.1, 0.15) is 11.9 Å². The third kappa shape index (κ3) is 2.66. The minimum absolute atomic E-state index is 0.266. The number of para-hydroxylation sites is 1. The summed E-state index contributed by atoms with van der Waals surface area (Å²) in [5.74, 6) is 1.05. The Labute approximate surface area is 114 Å². The molecule has 1 N–H and O–H groups in total. The molecule has 1 aliphatic heterocycles. The van der Waals surface area contributed by atoms with Gasteiger partial charge >= 0.3 is 0 Å². The molecule has 0 bridgehead atoms. The largest absolute Gasteiger partial charge is 0.488 e. The van der Waals surface area contributed by atoms with E-state index in [2.05, 4.69) is 53.3 Å². The minimum Gasteiger partial charge on any atom is -0.488 e. The first-order valence-corrected chi connectivity index (χ1v) is 6.96. The van der Waals surface area contributed by atoms with Crippen LogP contribution in [0.4, 0.5) is 0 Å². The zero-order chi connectivity index (χ0) is 13.1. The van der Waals surface area contributed by atoms with Gasteiger partial charge in [0, 0.05) is 37.9 Å². The maximum Gasteiger partial charge on any atom is 0.123 e. The fourth-order valence-corrected chi connectivity index (χ4v) is 2.65. The molecule has 1 unspecified atom stereocenters. The minimum atomic E-state index is 0.266. The Kier molecular flexibility index (Phi) is 3.56. The van der Waals surface area contributed by atoms with Crippen molar-refractivity contribution in [3.05, 3.63) is 53.9 Å². The van der Waals surface area contributed by atoms with Gasteiger partial charge in [-0.2, -0.15) is 0 Å². The van der Waals surface area contributed by atoms with Crippen molar-refractivity contribution in [1.82, 2.24) is 9.88 Å². The summed E-state index contributed by atoms with van der Waals surface area (Å²) in [6.45, 7) is 4.98. The van der Waals surface area contributed by atoms with Crippen LogP contribution >= 0.6 is 0 Å². The van der Waals surface area contributed by atoms with Crippen LogP contribution in [-0.4, -0.2) is 17.2 Å². The van der Waals surface area contributed by atoms with E-state index >= 15 is 0 Å². The highest BCUT2D eigenvalue weighted by Gasteiger charge is 2.21. The van der Waals surface area contributed by atoms with Gasteiger partial charge in [0.05, 0.1) is 0 Å². The highest BCUT2D eigenvalue weighted by Crippen LogP contribution is 2.27. The SMILES string of the molecule is CCn1cccc1CNCC1Cc2ccccc2O1. The summed E-state index contributed by atoms with van der Waals surface area (Å²) in [6, 6.07) is 12.6. The van der Waals surface area contributed by atoms with Gasteiger partial charge in [-0.1, -0.05) is 18.2 Å². The summed E-state index contributed by atoms with van der Waals surface area (Å²) in [5, 5.41) is 3.49. The van der Waals surface area contributed by atoms with Crippen LogP contribution in [0.25, 0.3) is 0 Å². The third-order valence-corrected chi connectivity index (χ3v) is 3.66. The van der Waals surface area contributed by atoms with Crippen molar-refractivity contribution < 1.29 is 4.74 Å². The fourth-order valence-electron chi connectivity index (χ4n) is 2.65. The van der Waals surface area contributed by atoms with Gasteiger partial charge in [-0.3, -0.25) is 0 Å². The molecule has 1 aliphatic rings. The van der Waals surface area contributed by atoms with Crippen LogP contribution in [0, 0.1) is 0 Å². The molecule has 0 fully saturated rings. The van der Waals surface area contributed by atoms with Crippen molar-refractivity contribution in [2.75, 3.05) is 6.54 Å². The lowest BCUT2D eigenvalue weighted by atomic mass is 10.1. The zero-order valence-corrected chi connectivity index (χ0v) is 11.3. The third-order valence-electron chi connectivity index (χ3n) is 3.66. The lowest BCUT2D eigenvalue weighted by Crippen LogP contribution is -2.30. The Morgan fingerprint density at radius 2 is 2.16 bits per heavy atom. The number of aromatic nitrogens is 1. The van der Waals surface area contributed by atoms with E-state index in [0.29, 0.717) is 0 Å². The molecule has 19 heavy (non-hydrogen) atoms. The topological polar surface area (TPSA) is 26.2 Å². The summed E-state index contributed by atoms with van der Waals surface area (Å²) in [6.07, 6.45) is 3.40. The fraction of sp³-hybridized carbons (Fsp3) is 0.375. The summed E-state index contributed by atoms with van der Waals surface area (Å²) >= 11 is 0. The number of hydrogen-bond donors (Lipinski definition) is 1. The second kappa shape index (κ2) is 5.49. The first-order chi connectivity index (χ1) is 9.36. The number of aryl methyl sites for hydroxylation is 1. The number of benzene rings is 1. The van der Waals surface area contributed by atoms with Crippen molar-refractivity contribution in [1.29, 1.82) is 0 Å². The predicted molar refractivity (Wildman–Crippen MR) is 76.4 cm³/mol. The molecule has 3 heteroatoms. The number of ether oxygens (including phenoxy) is 1. The molecular formula is C16H20N2O. The number of hydrogen-bond acceptors (Lipinski definition) is 2. The Balaban J connectivity index is 1.50. The van der Waals surface area contributed by atoms with Crippen LogP contribution in [0.3, 0.4) is 0 Å². The quantitative estimate of drug-likeness (QED) is 0.890. The normalized spacial score (nSPS) is 17.2. The van der Waals surface area contributed by atoms with Gasteiger partial charge in [-0.05, 0) is 30.7 Å². The summed E-state index contributed by atoms with van der Waals surface area (Å²) in [7, 11) is 0. The van der Waals surface area contributed by atoms with E-state index in [0.717, 1.165) is 31.8 Å². The molecule has 0 spiro atoms. The molecule has 0 amide bonds. The lowest BCUT2D eigenvalue weighted by Gasteiger charge is -2.13. The van der Waals surface area contributed by atoms with Crippen LogP contribution in [0.2, 0.25) is 0 Å². The molecular weight excluding hydrogens is 236 g/mol. The highest BCUT2D eigenvalue weighted by atomic mass is 16.5. The van der Waals surface area contributed by atoms with Crippen LogP contribution in [-0.2, 0) is 19.5 Å². The Morgan fingerprint density at radius 1 is 1.26 bits per heavy atom. The van der Waals surface area contributed by atoms with Crippen LogP contribution in [0.1, 0.15) is 18.2 Å². The monoisotopic (exact) mass is 256 g/mol. The molecule has 3 rings (SSSR count). The van der Waals surface area contributed by atoms with Gasteiger partial charge in [-0.15, -0.1) is 0 Å². The molecule has 0 aliphatic carbocycles. The van der Waals surface area contributed by atoms with Gasteiger partial charge in [0.2, 0.25) is 0 Å². The average Bonchev–Trinajstić information content (AvgIpc) is 3.04.